The Hall–Kier alpha value is -1.96. The summed E-state index contributed by atoms with van der Waals surface area (Å²) in [5.41, 5.74) is 2.25. The normalized spacial score (nSPS) is 19.3. The molecule has 0 aliphatic carbocycles. The number of allylic oxidation sites excluding steroid dienone is 4. The zero-order chi connectivity index (χ0) is 17.3. The number of phenolic OH excluding ortho intramolecular Hbond substituents is 1. The van der Waals surface area contributed by atoms with Gasteiger partial charge in [0.25, 0.3) is 0 Å². The van der Waals surface area contributed by atoms with Gasteiger partial charge in [-0.15, -0.1) is 0 Å². The Morgan fingerprint density at radius 1 is 0.957 bits per heavy atom. The Balaban J connectivity index is 2.31. The Morgan fingerprint density at radius 2 is 1.57 bits per heavy atom. The third-order valence-electron chi connectivity index (χ3n) is 3.85. The van der Waals surface area contributed by atoms with Crippen molar-refractivity contribution in [2.24, 2.45) is 10.8 Å². The molecule has 23 heavy (non-hydrogen) atoms. The Labute approximate surface area is 140 Å². The molecule has 1 aliphatic heterocycles. The maximum Gasteiger partial charge on any atom is 0.122 e. The minimum absolute atomic E-state index is 0.0185. The third kappa shape index (κ3) is 4.75. The van der Waals surface area contributed by atoms with E-state index in [1.165, 1.54) is 0 Å². The van der Waals surface area contributed by atoms with Crippen LogP contribution in [0.2, 0.25) is 0 Å². The summed E-state index contributed by atoms with van der Waals surface area (Å²) in [6.45, 7) is 13.1. The smallest absolute Gasteiger partial charge is 0.122 e. The zero-order valence-corrected chi connectivity index (χ0v) is 15.1. The lowest BCUT2D eigenvalue weighted by Gasteiger charge is -2.36. The van der Waals surface area contributed by atoms with Gasteiger partial charge in [0.15, 0.2) is 0 Å². The Morgan fingerprint density at radius 3 is 2.09 bits per heavy atom. The summed E-state index contributed by atoms with van der Waals surface area (Å²) in [7, 11) is 0. The van der Waals surface area contributed by atoms with E-state index in [-0.39, 0.29) is 22.7 Å². The van der Waals surface area contributed by atoms with Crippen molar-refractivity contribution < 1.29 is 9.84 Å². The fraction of sp³-hybridized carbons (Fsp3) is 0.429. The minimum Gasteiger partial charge on any atom is -0.508 e. The number of ether oxygens (including phenoxy) is 1. The number of hydrogen-bond donors (Lipinski definition) is 1. The van der Waals surface area contributed by atoms with E-state index in [0.717, 1.165) is 16.9 Å². The Kier molecular flexibility index (Phi) is 4.74. The molecule has 2 nitrogen and oxygen atoms in total. The summed E-state index contributed by atoms with van der Waals surface area (Å²) >= 11 is 0. The quantitative estimate of drug-likeness (QED) is 0.758. The van der Waals surface area contributed by atoms with E-state index in [2.05, 4.69) is 65.8 Å². The second kappa shape index (κ2) is 6.27. The maximum absolute atomic E-state index is 9.36. The van der Waals surface area contributed by atoms with Gasteiger partial charge in [0.05, 0.1) is 0 Å². The number of phenols is 1. The van der Waals surface area contributed by atoms with Crippen LogP contribution in [-0.4, -0.2) is 11.2 Å². The first-order chi connectivity index (χ1) is 10.6. The van der Waals surface area contributed by atoms with Crippen LogP contribution >= 0.6 is 0 Å². The average Bonchev–Trinajstić information content (AvgIpc) is 2.44. The van der Waals surface area contributed by atoms with E-state index >= 15 is 0 Å². The first-order valence-corrected chi connectivity index (χ1v) is 8.13. The molecule has 1 heterocycles. The molecule has 1 aliphatic rings. The van der Waals surface area contributed by atoms with Crippen LogP contribution in [0.25, 0.3) is 6.08 Å². The minimum atomic E-state index is -0.0185. The highest BCUT2D eigenvalue weighted by atomic mass is 16.5. The molecule has 124 valence electrons. The molecule has 0 spiro atoms. The van der Waals surface area contributed by atoms with Crippen molar-refractivity contribution in [2.45, 2.75) is 47.6 Å². The predicted molar refractivity (Wildman–Crippen MR) is 97.1 cm³/mol. The molecule has 0 aromatic heterocycles. The molecule has 1 aromatic rings. The second-order valence-electron chi connectivity index (χ2n) is 8.25. The number of aromatic hydroxyl groups is 1. The molecule has 1 N–H and O–H groups in total. The predicted octanol–water partition coefficient (Wildman–Crippen LogP) is 5.71. The fourth-order valence-electron chi connectivity index (χ4n) is 2.28. The van der Waals surface area contributed by atoms with Crippen molar-refractivity contribution in [3.8, 4) is 5.75 Å². The van der Waals surface area contributed by atoms with Crippen LogP contribution in [0.1, 0.15) is 47.1 Å². The van der Waals surface area contributed by atoms with E-state index in [9.17, 15) is 5.11 Å². The molecule has 0 fully saturated rings. The number of rotatable bonds is 2. The van der Waals surface area contributed by atoms with E-state index < -0.39 is 0 Å². The fourth-order valence-corrected chi connectivity index (χ4v) is 2.28. The Bertz CT molecular complexity index is 632. The first-order valence-electron chi connectivity index (χ1n) is 8.13. The van der Waals surface area contributed by atoms with Crippen LogP contribution in [0, 0.1) is 10.8 Å². The summed E-state index contributed by atoms with van der Waals surface area (Å²) in [6.07, 6.45) is 8.54. The van der Waals surface area contributed by atoms with Crippen molar-refractivity contribution in [2.75, 3.05) is 0 Å². The molecule has 1 atom stereocenters. The van der Waals surface area contributed by atoms with Crippen LogP contribution in [0.15, 0.2) is 53.8 Å². The van der Waals surface area contributed by atoms with Crippen molar-refractivity contribution in [3.05, 3.63) is 59.4 Å². The van der Waals surface area contributed by atoms with Crippen LogP contribution in [-0.2, 0) is 4.74 Å². The van der Waals surface area contributed by atoms with E-state index in [4.69, 9.17) is 4.74 Å². The van der Waals surface area contributed by atoms with Gasteiger partial charge in [-0.1, -0.05) is 65.8 Å². The van der Waals surface area contributed by atoms with Crippen molar-refractivity contribution >= 4 is 6.08 Å². The van der Waals surface area contributed by atoms with Gasteiger partial charge in [-0.2, -0.15) is 0 Å². The molecule has 0 amide bonds. The topological polar surface area (TPSA) is 29.5 Å². The van der Waals surface area contributed by atoms with Crippen LogP contribution in [0.5, 0.6) is 5.75 Å². The molecular formula is C21H28O2. The van der Waals surface area contributed by atoms with Crippen LogP contribution in [0.4, 0.5) is 0 Å². The lowest BCUT2D eigenvalue weighted by molar-refractivity contribution is 0.0323. The van der Waals surface area contributed by atoms with Crippen molar-refractivity contribution in [1.29, 1.82) is 0 Å². The molecule has 0 saturated heterocycles. The van der Waals surface area contributed by atoms with Crippen molar-refractivity contribution in [1.82, 2.24) is 0 Å². The third-order valence-corrected chi connectivity index (χ3v) is 3.85. The average molecular weight is 312 g/mol. The summed E-state index contributed by atoms with van der Waals surface area (Å²) < 4.78 is 6.23. The first kappa shape index (κ1) is 17.4. The molecular weight excluding hydrogens is 284 g/mol. The van der Waals surface area contributed by atoms with Gasteiger partial charge < -0.3 is 9.84 Å². The van der Waals surface area contributed by atoms with Crippen molar-refractivity contribution in [3.63, 3.8) is 0 Å². The summed E-state index contributed by atoms with van der Waals surface area (Å²) in [4.78, 5) is 0. The summed E-state index contributed by atoms with van der Waals surface area (Å²) in [5.74, 6) is 1.31. The maximum atomic E-state index is 9.36. The molecule has 0 radical (unpaired) electrons. The standard InChI is InChI=1S/C21H28O2/c1-20(2,3)18-13-16(14-19(23-18)21(4,5)6)8-7-15-9-11-17(22)12-10-15/h7-14,18,22H,1-6H3. The van der Waals surface area contributed by atoms with Gasteiger partial charge >= 0.3 is 0 Å². The largest absolute Gasteiger partial charge is 0.508 e. The highest BCUT2D eigenvalue weighted by molar-refractivity contribution is 5.56. The van der Waals surface area contributed by atoms with E-state index in [0.29, 0.717) is 0 Å². The monoisotopic (exact) mass is 312 g/mol. The SMILES string of the molecule is CC(C)(C)C1=CC(C=Cc2ccc(O)cc2)=CC(C(C)(C)C)O1. The second-order valence-corrected chi connectivity index (χ2v) is 8.25. The molecule has 0 bridgehead atoms. The van der Waals surface area contributed by atoms with E-state index in [1.54, 1.807) is 12.1 Å². The van der Waals surface area contributed by atoms with Gasteiger partial charge in [-0.3, -0.25) is 0 Å². The summed E-state index contributed by atoms with van der Waals surface area (Å²) in [5, 5.41) is 9.36. The van der Waals surface area contributed by atoms with Gasteiger partial charge in [0.2, 0.25) is 0 Å². The van der Waals surface area contributed by atoms with Crippen LogP contribution < -0.4 is 0 Å². The number of hydrogen-bond acceptors (Lipinski definition) is 2. The molecule has 1 unspecified atom stereocenters. The van der Waals surface area contributed by atoms with Gasteiger partial charge in [-0.05, 0) is 35.4 Å². The zero-order valence-electron chi connectivity index (χ0n) is 15.1. The molecule has 2 rings (SSSR count). The van der Waals surface area contributed by atoms with Gasteiger partial charge in [0.1, 0.15) is 17.6 Å². The van der Waals surface area contributed by atoms with Crippen LogP contribution in [0.3, 0.4) is 0 Å². The highest BCUT2D eigenvalue weighted by Crippen LogP contribution is 2.37. The molecule has 1 aromatic carbocycles. The summed E-state index contributed by atoms with van der Waals surface area (Å²) in [6, 6.07) is 7.21. The lowest BCUT2D eigenvalue weighted by atomic mass is 9.84. The lowest BCUT2D eigenvalue weighted by Crippen LogP contribution is -2.32. The number of benzene rings is 1. The molecule has 2 heteroatoms. The van der Waals surface area contributed by atoms with Gasteiger partial charge in [-0.25, -0.2) is 0 Å². The highest BCUT2D eigenvalue weighted by Gasteiger charge is 2.31. The van der Waals surface area contributed by atoms with Gasteiger partial charge in [0, 0.05) is 10.8 Å². The molecule has 0 saturated carbocycles. The van der Waals surface area contributed by atoms with E-state index in [1.807, 2.05) is 12.1 Å².